The molecule has 3 heterocycles. The maximum absolute atomic E-state index is 12.4. The van der Waals surface area contributed by atoms with Gasteiger partial charge >= 0.3 is 0 Å². The Balaban J connectivity index is 1.32. The number of hydrogen-bond donors (Lipinski definition) is 3. The highest BCUT2D eigenvalue weighted by Gasteiger charge is 2.22. The van der Waals surface area contributed by atoms with Crippen molar-refractivity contribution in [3.8, 4) is 28.3 Å². The van der Waals surface area contributed by atoms with E-state index in [0.29, 0.717) is 27.1 Å². The van der Waals surface area contributed by atoms with Gasteiger partial charge in [0.05, 0.1) is 38.4 Å². The zero-order valence-corrected chi connectivity index (χ0v) is 24.9. The minimum Gasteiger partial charge on any atom is -0.489 e. The third kappa shape index (κ3) is 5.57. The molecule has 2 aromatic heterocycles. The number of nitrogens with one attached hydrogen (secondary N) is 1. The molecule has 0 saturated carbocycles. The predicted molar refractivity (Wildman–Crippen MR) is 166 cm³/mol. The molecule has 6 rings (SSSR count). The van der Waals surface area contributed by atoms with E-state index in [2.05, 4.69) is 28.0 Å². The number of aromatic nitrogens is 4. The number of carbonyl (C=O) groups excluding carboxylic acids is 1. The summed E-state index contributed by atoms with van der Waals surface area (Å²) in [5.41, 5.74) is 11.1. The SMILES string of the molecule is C[C@@H](Oc1cc(-n2cnc3cc(-c4cnn(C)c4)ccc32)cc(C(N)=O)c1S)c1cccc(OC2CCNCC2)c1Cl. The molecule has 216 valence electrons. The van der Waals surface area contributed by atoms with Gasteiger partial charge in [-0.2, -0.15) is 5.10 Å². The first-order valence-electron chi connectivity index (χ1n) is 13.7. The molecule has 3 N–H and O–H groups in total. The molecule has 0 radical (unpaired) electrons. The molecule has 0 aliphatic carbocycles. The fraction of sp³-hybridized carbons (Fsp3) is 0.258. The van der Waals surface area contributed by atoms with Gasteiger partial charge in [0.1, 0.15) is 30.0 Å². The van der Waals surface area contributed by atoms with E-state index >= 15 is 0 Å². The third-order valence-electron chi connectivity index (χ3n) is 7.50. The first-order chi connectivity index (χ1) is 20.3. The van der Waals surface area contributed by atoms with E-state index in [0.717, 1.165) is 53.7 Å². The molecule has 0 unspecified atom stereocenters. The Morgan fingerprint density at radius 3 is 2.69 bits per heavy atom. The van der Waals surface area contributed by atoms with Gasteiger partial charge in [-0.3, -0.25) is 14.0 Å². The monoisotopic (exact) mass is 602 g/mol. The van der Waals surface area contributed by atoms with Crippen molar-refractivity contribution in [1.29, 1.82) is 0 Å². The second-order valence-corrected chi connectivity index (χ2v) is 11.2. The molecule has 42 heavy (non-hydrogen) atoms. The Kier molecular flexibility index (Phi) is 7.85. The lowest BCUT2D eigenvalue weighted by Gasteiger charge is -2.25. The quantitative estimate of drug-likeness (QED) is 0.196. The molecule has 0 spiro atoms. The number of thiol groups is 1. The maximum atomic E-state index is 12.4. The normalized spacial score (nSPS) is 14.7. The fourth-order valence-corrected chi connectivity index (χ4v) is 5.87. The molecule has 1 amide bonds. The number of fused-ring (bicyclic) bond motifs is 1. The molecule has 1 atom stereocenters. The number of halogens is 1. The number of piperidine rings is 1. The molecule has 9 nitrogen and oxygen atoms in total. The van der Waals surface area contributed by atoms with Crippen molar-refractivity contribution in [2.24, 2.45) is 12.8 Å². The van der Waals surface area contributed by atoms with E-state index in [1.807, 2.05) is 73.4 Å². The third-order valence-corrected chi connectivity index (χ3v) is 8.37. The highest BCUT2D eigenvalue weighted by Crippen LogP contribution is 2.38. The summed E-state index contributed by atoms with van der Waals surface area (Å²) < 4.78 is 16.3. The highest BCUT2D eigenvalue weighted by atomic mass is 35.5. The molecule has 1 saturated heterocycles. The van der Waals surface area contributed by atoms with Crippen molar-refractivity contribution in [3.63, 3.8) is 0 Å². The number of hydrogen-bond acceptors (Lipinski definition) is 7. The molecular weight excluding hydrogens is 572 g/mol. The van der Waals surface area contributed by atoms with E-state index in [9.17, 15) is 4.79 Å². The fourth-order valence-electron chi connectivity index (χ4n) is 5.26. The van der Waals surface area contributed by atoms with Crippen LogP contribution in [0.1, 0.15) is 41.8 Å². The van der Waals surface area contributed by atoms with Crippen LogP contribution in [0.5, 0.6) is 11.5 Å². The molecule has 1 aliphatic heterocycles. The van der Waals surface area contributed by atoms with Gasteiger partial charge in [-0.25, -0.2) is 4.98 Å². The number of carbonyl (C=O) groups is 1. The molecule has 11 heteroatoms. The minimum absolute atomic E-state index is 0.111. The molecule has 1 fully saturated rings. The van der Waals surface area contributed by atoms with Crippen LogP contribution in [0.15, 0.2) is 72.1 Å². The van der Waals surface area contributed by atoms with E-state index in [1.165, 1.54) is 0 Å². The zero-order chi connectivity index (χ0) is 29.4. The van der Waals surface area contributed by atoms with Gasteiger partial charge in [0.15, 0.2) is 0 Å². The van der Waals surface area contributed by atoms with Gasteiger partial charge < -0.3 is 20.5 Å². The van der Waals surface area contributed by atoms with E-state index < -0.39 is 12.0 Å². The van der Waals surface area contributed by atoms with E-state index in [4.69, 9.17) is 26.8 Å². The van der Waals surface area contributed by atoms with Crippen LogP contribution in [0.3, 0.4) is 0 Å². The summed E-state index contributed by atoms with van der Waals surface area (Å²) in [6, 6.07) is 15.2. The van der Waals surface area contributed by atoms with Crippen LogP contribution in [-0.2, 0) is 7.05 Å². The number of ether oxygens (including phenoxy) is 2. The highest BCUT2D eigenvalue weighted by molar-refractivity contribution is 7.80. The van der Waals surface area contributed by atoms with Crippen LogP contribution < -0.4 is 20.5 Å². The Bertz CT molecular complexity index is 1780. The predicted octanol–water partition coefficient (Wildman–Crippen LogP) is 5.74. The maximum Gasteiger partial charge on any atom is 0.250 e. The lowest BCUT2D eigenvalue weighted by Crippen LogP contribution is -2.34. The van der Waals surface area contributed by atoms with Crippen molar-refractivity contribution in [1.82, 2.24) is 24.6 Å². The molecule has 3 aromatic carbocycles. The number of benzene rings is 3. The lowest BCUT2D eigenvalue weighted by molar-refractivity contribution is 0.0996. The van der Waals surface area contributed by atoms with E-state index in [-0.39, 0.29) is 11.7 Å². The standard InChI is InChI=1S/C31H31ClN6O3S/c1-18(23-4-3-5-27(29(23)32)41-22-8-10-34-11-9-22)40-28-14-21(13-24(30(28)42)31(33)39)38-17-35-25-12-19(6-7-26(25)38)20-15-36-37(2)16-20/h3-7,12-18,22,34,42H,8-11H2,1-2H3,(H2,33,39)/t18-/m1/s1. The van der Waals surface area contributed by atoms with Gasteiger partial charge in [-0.05, 0) is 62.7 Å². The summed E-state index contributed by atoms with van der Waals surface area (Å²) in [6.07, 6.45) is 6.96. The first kappa shape index (κ1) is 28.1. The average molecular weight is 603 g/mol. The number of nitrogens with zero attached hydrogens (tertiary/aromatic N) is 4. The second kappa shape index (κ2) is 11.7. The zero-order valence-electron chi connectivity index (χ0n) is 23.3. The Morgan fingerprint density at radius 2 is 1.95 bits per heavy atom. The number of nitrogens with two attached hydrogens (primary N) is 1. The summed E-state index contributed by atoms with van der Waals surface area (Å²) in [5, 5.41) is 8.10. The van der Waals surface area contributed by atoms with Crippen LogP contribution in [0.2, 0.25) is 5.02 Å². The Hall–Kier alpha value is -3.99. The summed E-state index contributed by atoms with van der Waals surface area (Å²) >= 11 is 11.4. The Morgan fingerprint density at radius 1 is 1.14 bits per heavy atom. The topological polar surface area (TPSA) is 109 Å². The van der Waals surface area contributed by atoms with Crippen LogP contribution in [0.25, 0.3) is 27.8 Å². The summed E-state index contributed by atoms with van der Waals surface area (Å²) in [6.45, 7) is 3.73. The smallest absolute Gasteiger partial charge is 0.250 e. The molecule has 0 bridgehead atoms. The van der Waals surface area contributed by atoms with Crippen molar-refractivity contribution in [2.75, 3.05) is 13.1 Å². The molecular formula is C31H31ClN6O3S. The number of amides is 1. The van der Waals surface area contributed by atoms with Gasteiger partial charge in [0.2, 0.25) is 5.91 Å². The summed E-state index contributed by atoms with van der Waals surface area (Å²) in [5.74, 6) is 0.412. The number of imidazole rings is 1. The van der Waals surface area contributed by atoms with Gasteiger partial charge in [-0.15, -0.1) is 12.6 Å². The second-order valence-electron chi connectivity index (χ2n) is 10.4. The van der Waals surface area contributed by atoms with Gasteiger partial charge in [-0.1, -0.05) is 29.8 Å². The van der Waals surface area contributed by atoms with Gasteiger partial charge in [0.25, 0.3) is 0 Å². The van der Waals surface area contributed by atoms with Crippen LogP contribution in [-0.4, -0.2) is 44.4 Å². The Labute approximate surface area is 254 Å². The summed E-state index contributed by atoms with van der Waals surface area (Å²) in [4.78, 5) is 17.4. The molecule has 5 aromatic rings. The number of primary amides is 1. The van der Waals surface area contributed by atoms with Crippen molar-refractivity contribution >= 4 is 41.2 Å². The van der Waals surface area contributed by atoms with Crippen molar-refractivity contribution in [2.45, 2.75) is 36.9 Å². The van der Waals surface area contributed by atoms with Crippen LogP contribution in [0, 0.1) is 0 Å². The van der Waals surface area contributed by atoms with E-state index in [1.54, 1.807) is 17.1 Å². The minimum atomic E-state index is -0.613. The lowest BCUT2D eigenvalue weighted by atomic mass is 10.1. The van der Waals surface area contributed by atoms with Crippen molar-refractivity contribution in [3.05, 3.63) is 83.4 Å². The van der Waals surface area contributed by atoms with Crippen LogP contribution in [0.4, 0.5) is 0 Å². The number of rotatable bonds is 8. The molecule has 1 aliphatic rings. The van der Waals surface area contributed by atoms with Crippen molar-refractivity contribution < 1.29 is 14.3 Å². The average Bonchev–Trinajstić information content (AvgIpc) is 3.61. The first-order valence-corrected chi connectivity index (χ1v) is 14.6. The number of aryl methyl sites for hydroxylation is 1. The summed E-state index contributed by atoms with van der Waals surface area (Å²) in [7, 11) is 1.88. The van der Waals surface area contributed by atoms with Gasteiger partial charge in [0, 0.05) is 30.4 Å². The largest absolute Gasteiger partial charge is 0.489 e. The van der Waals surface area contributed by atoms with Crippen LogP contribution >= 0.6 is 24.2 Å².